The Bertz CT molecular complexity index is 209. The number of nitrogens with one attached hydrogen (secondary N) is 1. The summed E-state index contributed by atoms with van der Waals surface area (Å²) in [5.74, 6) is 0.901. The predicted molar refractivity (Wildman–Crippen MR) is 52.8 cm³/mol. The lowest BCUT2D eigenvalue weighted by molar-refractivity contribution is 0.464. The normalized spacial score (nSPS) is 34.5. The lowest BCUT2D eigenvalue weighted by Crippen LogP contribution is -2.40. The van der Waals surface area contributed by atoms with Gasteiger partial charge >= 0.3 is 0 Å². The molecule has 2 unspecified atom stereocenters. The van der Waals surface area contributed by atoms with Crippen LogP contribution in [0.1, 0.15) is 19.8 Å². The van der Waals surface area contributed by atoms with Gasteiger partial charge in [-0.15, -0.1) is 18.3 Å². The highest BCUT2D eigenvalue weighted by Gasteiger charge is 2.36. The number of hydrogen-bond donors (Lipinski definition) is 1. The molecule has 0 aliphatic carbocycles. The van der Waals surface area contributed by atoms with E-state index in [1.54, 1.807) is 0 Å². The van der Waals surface area contributed by atoms with Crippen molar-refractivity contribution in [2.45, 2.75) is 30.7 Å². The van der Waals surface area contributed by atoms with Crippen LogP contribution in [0.5, 0.6) is 0 Å². The maximum Gasteiger partial charge on any atom is 0.106 e. The molecule has 0 aromatic carbocycles. The van der Waals surface area contributed by atoms with Crippen LogP contribution in [0.2, 0.25) is 0 Å². The first kappa shape index (κ1) is 9.63. The SMILES string of the molecule is C=CCC1(CC)NC(C#N)CS1. The van der Waals surface area contributed by atoms with Crippen molar-refractivity contribution in [1.82, 2.24) is 5.32 Å². The van der Waals surface area contributed by atoms with E-state index in [1.807, 2.05) is 17.8 Å². The molecule has 0 aromatic rings. The van der Waals surface area contributed by atoms with Crippen molar-refractivity contribution in [3.8, 4) is 6.07 Å². The Balaban J connectivity index is 2.60. The maximum atomic E-state index is 8.71. The first-order valence-corrected chi connectivity index (χ1v) is 5.17. The Kier molecular flexibility index (Phi) is 3.19. The number of hydrogen-bond acceptors (Lipinski definition) is 3. The highest BCUT2D eigenvalue weighted by molar-refractivity contribution is 8.00. The van der Waals surface area contributed by atoms with E-state index in [-0.39, 0.29) is 10.9 Å². The molecule has 1 aliphatic heterocycles. The summed E-state index contributed by atoms with van der Waals surface area (Å²) >= 11 is 1.84. The van der Waals surface area contributed by atoms with Gasteiger partial charge in [0.2, 0.25) is 0 Å². The van der Waals surface area contributed by atoms with Crippen molar-refractivity contribution in [3.05, 3.63) is 12.7 Å². The fourth-order valence-electron chi connectivity index (χ4n) is 1.41. The van der Waals surface area contributed by atoms with Crippen LogP contribution in [0.3, 0.4) is 0 Å². The molecular formula is C9H14N2S. The van der Waals surface area contributed by atoms with Crippen LogP contribution in [0.25, 0.3) is 0 Å². The highest BCUT2D eigenvalue weighted by atomic mass is 32.2. The molecule has 1 N–H and O–H groups in total. The van der Waals surface area contributed by atoms with Gasteiger partial charge in [0.15, 0.2) is 0 Å². The van der Waals surface area contributed by atoms with Crippen molar-refractivity contribution in [1.29, 1.82) is 5.26 Å². The van der Waals surface area contributed by atoms with Gasteiger partial charge in [0, 0.05) is 5.75 Å². The number of nitrogens with zero attached hydrogens (tertiary/aromatic N) is 1. The monoisotopic (exact) mass is 182 g/mol. The molecule has 0 spiro atoms. The third kappa shape index (κ3) is 1.82. The van der Waals surface area contributed by atoms with Crippen LogP contribution in [0, 0.1) is 11.3 Å². The minimum Gasteiger partial charge on any atom is -0.287 e. The summed E-state index contributed by atoms with van der Waals surface area (Å²) in [5.41, 5.74) is 0. The topological polar surface area (TPSA) is 35.8 Å². The molecule has 0 aromatic heterocycles. The van der Waals surface area contributed by atoms with Crippen molar-refractivity contribution < 1.29 is 0 Å². The molecule has 1 fully saturated rings. The van der Waals surface area contributed by atoms with Crippen LogP contribution >= 0.6 is 11.8 Å². The van der Waals surface area contributed by atoms with Gasteiger partial charge in [-0.2, -0.15) is 5.26 Å². The quantitative estimate of drug-likeness (QED) is 0.677. The largest absolute Gasteiger partial charge is 0.287 e. The van der Waals surface area contributed by atoms with Crippen LogP contribution in [-0.4, -0.2) is 16.7 Å². The van der Waals surface area contributed by atoms with Crippen LogP contribution in [0.15, 0.2) is 12.7 Å². The molecule has 0 bridgehead atoms. The summed E-state index contributed by atoms with van der Waals surface area (Å²) in [7, 11) is 0. The minimum absolute atomic E-state index is 0.0231. The lowest BCUT2D eigenvalue weighted by Gasteiger charge is -2.25. The van der Waals surface area contributed by atoms with Gasteiger partial charge in [-0.05, 0) is 12.8 Å². The minimum atomic E-state index is 0.0231. The third-order valence-electron chi connectivity index (χ3n) is 2.16. The third-order valence-corrected chi connectivity index (χ3v) is 3.79. The second-order valence-electron chi connectivity index (χ2n) is 2.98. The van der Waals surface area contributed by atoms with E-state index in [0.717, 1.165) is 18.6 Å². The van der Waals surface area contributed by atoms with Crippen molar-refractivity contribution in [2.75, 3.05) is 5.75 Å². The summed E-state index contributed by atoms with van der Waals surface area (Å²) < 4.78 is 0. The summed E-state index contributed by atoms with van der Waals surface area (Å²) in [4.78, 5) is 0.0855. The molecule has 2 atom stereocenters. The molecule has 1 heterocycles. The molecular weight excluding hydrogens is 168 g/mol. The average Bonchev–Trinajstić information content (AvgIpc) is 2.50. The number of thioether (sulfide) groups is 1. The van der Waals surface area contributed by atoms with Gasteiger partial charge in [0.1, 0.15) is 6.04 Å². The van der Waals surface area contributed by atoms with Gasteiger partial charge in [-0.1, -0.05) is 13.0 Å². The van der Waals surface area contributed by atoms with Crippen LogP contribution < -0.4 is 5.32 Å². The summed E-state index contributed by atoms with van der Waals surface area (Å²) in [6.45, 7) is 5.87. The molecule has 0 amide bonds. The van der Waals surface area contributed by atoms with Crippen LogP contribution in [-0.2, 0) is 0 Å². The first-order valence-electron chi connectivity index (χ1n) is 4.18. The van der Waals surface area contributed by atoms with E-state index in [0.29, 0.717) is 0 Å². The van der Waals surface area contributed by atoms with Gasteiger partial charge in [0.25, 0.3) is 0 Å². The highest BCUT2D eigenvalue weighted by Crippen LogP contribution is 2.36. The maximum absolute atomic E-state index is 8.71. The summed E-state index contributed by atoms with van der Waals surface area (Å²) in [6.07, 6.45) is 3.90. The zero-order valence-corrected chi connectivity index (χ0v) is 8.16. The van der Waals surface area contributed by atoms with E-state index in [9.17, 15) is 0 Å². The Morgan fingerprint density at radius 3 is 3.08 bits per heavy atom. The predicted octanol–water partition coefficient (Wildman–Crippen LogP) is 1.90. The number of rotatable bonds is 3. The fourth-order valence-corrected chi connectivity index (χ4v) is 2.72. The second kappa shape index (κ2) is 3.97. The molecule has 2 nitrogen and oxygen atoms in total. The molecule has 1 saturated heterocycles. The average molecular weight is 182 g/mol. The van der Waals surface area contributed by atoms with Gasteiger partial charge < -0.3 is 0 Å². The van der Waals surface area contributed by atoms with Gasteiger partial charge in [-0.3, -0.25) is 5.32 Å². The molecule has 66 valence electrons. The number of nitriles is 1. The molecule has 0 radical (unpaired) electrons. The standard InChI is InChI=1S/C9H14N2S/c1-3-5-9(4-2)11-8(6-10)7-12-9/h3,8,11H,1,4-5,7H2,2H3. The van der Waals surface area contributed by atoms with E-state index in [2.05, 4.69) is 24.9 Å². The Hall–Kier alpha value is -0.460. The van der Waals surface area contributed by atoms with Gasteiger partial charge in [-0.25, -0.2) is 0 Å². The summed E-state index contributed by atoms with van der Waals surface area (Å²) in [5, 5.41) is 12.0. The van der Waals surface area contributed by atoms with Gasteiger partial charge in [0.05, 0.1) is 10.9 Å². The molecule has 12 heavy (non-hydrogen) atoms. The Labute approximate surface area is 78.0 Å². The Morgan fingerprint density at radius 1 is 1.92 bits per heavy atom. The van der Waals surface area contributed by atoms with Crippen molar-refractivity contribution in [3.63, 3.8) is 0 Å². The molecule has 1 aliphatic rings. The van der Waals surface area contributed by atoms with E-state index >= 15 is 0 Å². The first-order chi connectivity index (χ1) is 5.76. The second-order valence-corrected chi connectivity index (χ2v) is 4.38. The summed E-state index contributed by atoms with van der Waals surface area (Å²) in [6, 6.07) is 2.27. The molecule has 1 rings (SSSR count). The van der Waals surface area contributed by atoms with E-state index in [4.69, 9.17) is 5.26 Å². The fraction of sp³-hybridized carbons (Fsp3) is 0.667. The van der Waals surface area contributed by atoms with Crippen LogP contribution in [0.4, 0.5) is 0 Å². The zero-order chi connectivity index (χ0) is 9.03. The lowest BCUT2D eigenvalue weighted by atomic mass is 10.1. The molecule has 3 heteroatoms. The van der Waals surface area contributed by atoms with E-state index < -0.39 is 0 Å². The van der Waals surface area contributed by atoms with Crippen molar-refractivity contribution >= 4 is 11.8 Å². The zero-order valence-electron chi connectivity index (χ0n) is 7.34. The van der Waals surface area contributed by atoms with Crippen molar-refractivity contribution in [2.24, 2.45) is 0 Å². The van der Waals surface area contributed by atoms with E-state index in [1.165, 1.54) is 0 Å². The molecule has 0 saturated carbocycles. The smallest absolute Gasteiger partial charge is 0.106 e. The Morgan fingerprint density at radius 2 is 2.67 bits per heavy atom.